The largest absolute Gasteiger partial charge is 0.441 e. The number of rotatable bonds is 6. The van der Waals surface area contributed by atoms with Gasteiger partial charge in [-0.3, -0.25) is 15.3 Å². The molecular weight excluding hydrogens is 425 g/mol. The molecule has 0 bridgehead atoms. The number of cyclic esters (lactones) is 1. The molecule has 8 nitrogen and oxygen atoms in total. The molecule has 1 aromatic carbocycles. The van der Waals surface area contributed by atoms with E-state index in [2.05, 4.69) is 20.5 Å². The highest BCUT2D eigenvalue weighted by Gasteiger charge is 2.32. The van der Waals surface area contributed by atoms with E-state index in [1.54, 1.807) is 36.4 Å². The Morgan fingerprint density at radius 1 is 1.26 bits per heavy atom. The minimum absolute atomic E-state index is 0.170. The number of anilines is 2. The third-order valence-corrected chi connectivity index (χ3v) is 4.77. The summed E-state index contributed by atoms with van der Waals surface area (Å²) in [7, 11) is 0. The second kappa shape index (κ2) is 9.07. The first-order chi connectivity index (χ1) is 15.0. The second-order valence-corrected chi connectivity index (χ2v) is 7.10. The van der Waals surface area contributed by atoms with Crippen molar-refractivity contribution in [2.45, 2.75) is 6.10 Å². The molecule has 31 heavy (non-hydrogen) atoms. The van der Waals surface area contributed by atoms with Crippen LogP contribution in [0, 0.1) is 5.82 Å². The zero-order valence-electron chi connectivity index (χ0n) is 16.1. The first-order valence-electron chi connectivity index (χ1n) is 9.29. The summed E-state index contributed by atoms with van der Waals surface area (Å²) >= 11 is 5.78. The molecule has 0 radical (unpaired) electrons. The van der Waals surface area contributed by atoms with E-state index in [0.717, 1.165) is 0 Å². The standard InChI is InChI=1S/C21H17ClFN5O3/c22-14-2-6-20(25-9-14)27-26-10-15-3-1-13(8-24-15)18-5-4-16(7-19(18)23)28-11-17(12-29)31-21(28)30/h1-10,17,29H,11-12H2,(H,25,27)/b26-10+/t17-/m1/s1. The van der Waals surface area contributed by atoms with Crippen LogP contribution in [0.2, 0.25) is 5.02 Å². The first-order valence-corrected chi connectivity index (χ1v) is 9.67. The number of nitrogens with one attached hydrogen (secondary N) is 1. The lowest BCUT2D eigenvalue weighted by Gasteiger charge is -2.14. The smallest absolute Gasteiger partial charge is 0.414 e. The highest BCUT2D eigenvalue weighted by molar-refractivity contribution is 6.30. The predicted molar refractivity (Wildman–Crippen MR) is 115 cm³/mol. The minimum Gasteiger partial charge on any atom is -0.441 e. The molecule has 4 rings (SSSR count). The topological polar surface area (TPSA) is 99.9 Å². The van der Waals surface area contributed by atoms with Crippen LogP contribution in [0.3, 0.4) is 0 Å². The van der Waals surface area contributed by atoms with Crippen LogP contribution in [0.15, 0.2) is 60.0 Å². The molecule has 3 heterocycles. The lowest BCUT2D eigenvalue weighted by Crippen LogP contribution is -2.25. The molecule has 0 spiro atoms. The van der Waals surface area contributed by atoms with Crippen molar-refractivity contribution in [3.63, 3.8) is 0 Å². The number of aliphatic hydroxyl groups excluding tert-OH is 1. The number of aliphatic hydroxyl groups is 1. The summed E-state index contributed by atoms with van der Waals surface area (Å²) in [5.41, 5.74) is 4.61. The Kier molecular flexibility index (Phi) is 6.06. The van der Waals surface area contributed by atoms with Crippen LogP contribution in [0.25, 0.3) is 11.1 Å². The maximum absolute atomic E-state index is 14.7. The fraction of sp³-hybridized carbons (Fsp3) is 0.143. The van der Waals surface area contributed by atoms with E-state index in [0.29, 0.717) is 33.3 Å². The first kappa shape index (κ1) is 20.7. The Labute approximate surface area is 182 Å². The van der Waals surface area contributed by atoms with Gasteiger partial charge in [0, 0.05) is 23.5 Å². The Bertz CT molecular complexity index is 1110. The third-order valence-electron chi connectivity index (χ3n) is 4.54. The van der Waals surface area contributed by atoms with E-state index in [4.69, 9.17) is 21.4 Å². The number of benzene rings is 1. The van der Waals surface area contributed by atoms with Crippen molar-refractivity contribution in [1.82, 2.24) is 9.97 Å². The number of carbonyl (C=O) groups is 1. The normalized spacial score (nSPS) is 16.0. The number of halogens is 2. The number of hydrazone groups is 1. The Morgan fingerprint density at radius 2 is 2.13 bits per heavy atom. The monoisotopic (exact) mass is 441 g/mol. The zero-order valence-corrected chi connectivity index (χ0v) is 16.8. The molecular formula is C21H17ClFN5O3. The Morgan fingerprint density at radius 3 is 2.77 bits per heavy atom. The molecule has 1 aliphatic rings. The number of ether oxygens (including phenoxy) is 1. The van der Waals surface area contributed by atoms with E-state index < -0.39 is 18.0 Å². The number of amides is 1. The van der Waals surface area contributed by atoms with Gasteiger partial charge in [-0.05, 0) is 36.4 Å². The van der Waals surface area contributed by atoms with Crippen molar-refractivity contribution in [2.75, 3.05) is 23.5 Å². The average Bonchev–Trinajstić information content (AvgIpc) is 3.16. The highest BCUT2D eigenvalue weighted by atomic mass is 35.5. The van der Waals surface area contributed by atoms with Gasteiger partial charge in [0.15, 0.2) is 0 Å². The summed E-state index contributed by atoms with van der Waals surface area (Å²) < 4.78 is 19.7. The van der Waals surface area contributed by atoms with Crippen LogP contribution in [0.5, 0.6) is 0 Å². The number of aromatic nitrogens is 2. The second-order valence-electron chi connectivity index (χ2n) is 6.67. The predicted octanol–water partition coefficient (Wildman–Crippen LogP) is 3.70. The van der Waals surface area contributed by atoms with Crippen molar-refractivity contribution in [2.24, 2.45) is 5.10 Å². The van der Waals surface area contributed by atoms with E-state index >= 15 is 0 Å². The van der Waals surface area contributed by atoms with Crippen molar-refractivity contribution in [3.8, 4) is 11.1 Å². The number of nitrogens with zero attached hydrogens (tertiary/aromatic N) is 4. The molecule has 1 fully saturated rings. The number of pyridine rings is 2. The van der Waals surface area contributed by atoms with E-state index in [1.165, 1.54) is 29.6 Å². The van der Waals surface area contributed by atoms with Gasteiger partial charge in [-0.25, -0.2) is 14.2 Å². The van der Waals surface area contributed by atoms with Crippen LogP contribution >= 0.6 is 11.6 Å². The van der Waals surface area contributed by atoms with Crippen LogP contribution < -0.4 is 10.3 Å². The molecule has 2 N–H and O–H groups in total. The van der Waals surface area contributed by atoms with Crippen LogP contribution in [0.4, 0.5) is 20.7 Å². The summed E-state index contributed by atoms with van der Waals surface area (Å²) in [6.07, 6.45) is 3.32. The Balaban J connectivity index is 1.44. The van der Waals surface area contributed by atoms with Crippen molar-refractivity contribution < 1.29 is 19.0 Å². The fourth-order valence-electron chi connectivity index (χ4n) is 2.98. The summed E-state index contributed by atoms with van der Waals surface area (Å²) in [6.45, 7) is -0.112. The number of hydrogen-bond acceptors (Lipinski definition) is 7. The van der Waals surface area contributed by atoms with E-state index in [9.17, 15) is 9.18 Å². The summed E-state index contributed by atoms with van der Waals surface area (Å²) in [5, 5.41) is 13.7. The van der Waals surface area contributed by atoms with Crippen molar-refractivity contribution in [3.05, 3.63) is 71.4 Å². The fourth-order valence-corrected chi connectivity index (χ4v) is 3.09. The third kappa shape index (κ3) is 4.79. The van der Waals surface area contributed by atoms with Gasteiger partial charge in [-0.1, -0.05) is 17.7 Å². The maximum Gasteiger partial charge on any atom is 0.414 e. The molecule has 0 unspecified atom stereocenters. The molecule has 0 saturated carbocycles. The highest BCUT2D eigenvalue weighted by Crippen LogP contribution is 2.28. The van der Waals surface area contributed by atoms with Crippen LogP contribution in [-0.2, 0) is 4.74 Å². The summed E-state index contributed by atoms with van der Waals surface area (Å²) in [5.74, 6) is 0.0306. The molecule has 158 valence electrons. The van der Waals surface area contributed by atoms with Crippen LogP contribution in [-0.4, -0.2) is 46.6 Å². The average molecular weight is 442 g/mol. The quantitative estimate of drug-likeness (QED) is 0.447. The maximum atomic E-state index is 14.7. The molecule has 1 atom stereocenters. The minimum atomic E-state index is -0.612. The molecule has 1 amide bonds. The van der Waals surface area contributed by atoms with Gasteiger partial charge in [0.1, 0.15) is 17.7 Å². The lowest BCUT2D eigenvalue weighted by atomic mass is 10.1. The van der Waals surface area contributed by atoms with E-state index in [1.807, 2.05) is 0 Å². The van der Waals surface area contributed by atoms with Gasteiger partial charge >= 0.3 is 6.09 Å². The molecule has 0 aliphatic carbocycles. The molecule has 3 aromatic rings. The molecule has 1 aliphatic heterocycles. The molecule has 1 saturated heterocycles. The van der Waals surface area contributed by atoms with Crippen molar-refractivity contribution in [1.29, 1.82) is 0 Å². The molecule has 2 aromatic heterocycles. The number of carbonyl (C=O) groups excluding carboxylic acids is 1. The summed E-state index contributed by atoms with van der Waals surface area (Å²) in [4.78, 5) is 21.5. The van der Waals surface area contributed by atoms with Gasteiger partial charge in [0.2, 0.25) is 0 Å². The number of hydrogen-bond donors (Lipinski definition) is 2. The van der Waals surface area contributed by atoms with Crippen molar-refractivity contribution >= 4 is 35.4 Å². The zero-order chi connectivity index (χ0) is 21.8. The van der Waals surface area contributed by atoms with Gasteiger partial charge in [0.25, 0.3) is 0 Å². The van der Waals surface area contributed by atoms with Gasteiger partial charge < -0.3 is 9.84 Å². The van der Waals surface area contributed by atoms with Gasteiger partial charge in [-0.15, -0.1) is 0 Å². The summed E-state index contributed by atoms with van der Waals surface area (Å²) in [6, 6.07) is 11.3. The lowest BCUT2D eigenvalue weighted by molar-refractivity contribution is 0.0963. The van der Waals surface area contributed by atoms with Gasteiger partial charge in [-0.2, -0.15) is 5.10 Å². The van der Waals surface area contributed by atoms with Gasteiger partial charge in [0.05, 0.1) is 35.8 Å². The SMILES string of the molecule is O=C1O[C@@H](CO)CN1c1ccc(-c2ccc(/C=N/Nc3ccc(Cl)cn3)nc2)c(F)c1. The Hall–Kier alpha value is -3.56. The van der Waals surface area contributed by atoms with Crippen LogP contribution in [0.1, 0.15) is 5.69 Å². The van der Waals surface area contributed by atoms with E-state index in [-0.39, 0.29) is 13.2 Å². The molecule has 10 heteroatoms.